The van der Waals surface area contributed by atoms with Crippen LogP contribution in [0.5, 0.6) is 5.75 Å². The predicted molar refractivity (Wildman–Crippen MR) is 103 cm³/mol. The zero-order chi connectivity index (χ0) is 18.5. The molecule has 0 aromatic heterocycles. The number of methoxy groups -OCH3 is 1. The second-order valence-electron chi connectivity index (χ2n) is 5.68. The third kappa shape index (κ3) is 4.68. The Hall–Kier alpha value is -2.25. The van der Waals surface area contributed by atoms with Crippen molar-refractivity contribution in [1.82, 2.24) is 5.32 Å². The van der Waals surface area contributed by atoms with Crippen molar-refractivity contribution in [2.75, 3.05) is 12.9 Å². The van der Waals surface area contributed by atoms with Gasteiger partial charge < -0.3 is 4.74 Å². The van der Waals surface area contributed by atoms with Gasteiger partial charge in [0.05, 0.1) is 18.1 Å². The zero-order valence-corrected chi connectivity index (χ0v) is 15.7. The number of rotatable bonds is 7. The number of hydrogen-bond donors (Lipinski definition) is 1. The molecule has 0 aliphatic carbocycles. The second-order valence-corrected chi connectivity index (χ2v) is 7.90. The van der Waals surface area contributed by atoms with E-state index in [4.69, 9.17) is 4.74 Å². The third-order valence-corrected chi connectivity index (χ3v) is 5.87. The molecule has 0 saturated carbocycles. The molecule has 3 rings (SSSR count). The summed E-state index contributed by atoms with van der Waals surface area (Å²) in [6.45, 7) is 0. The van der Waals surface area contributed by atoms with Gasteiger partial charge >= 0.3 is 0 Å². The molecule has 1 unspecified atom stereocenters. The number of nitrogens with one attached hydrogen (secondary N) is 1. The minimum atomic E-state index is -0.365. The summed E-state index contributed by atoms with van der Waals surface area (Å²) in [5, 5.41) is 1.64. The number of benzene rings is 2. The first-order chi connectivity index (χ1) is 12.5. The van der Waals surface area contributed by atoms with Gasteiger partial charge in [-0.3, -0.25) is 19.7 Å². The largest absolute Gasteiger partial charge is 0.497 e. The summed E-state index contributed by atoms with van der Waals surface area (Å²) in [4.78, 5) is 36.1. The lowest BCUT2D eigenvalue weighted by Crippen LogP contribution is -2.25. The van der Waals surface area contributed by atoms with E-state index in [1.807, 2.05) is 24.3 Å². The SMILES string of the molecule is COc1cccc(C(=O)CSc2ccc(CC3SC(=O)NC3=O)cc2)c1. The van der Waals surface area contributed by atoms with Crippen LogP contribution < -0.4 is 10.1 Å². The second kappa shape index (κ2) is 8.42. The molecule has 1 atom stereocenters. The third-order valence-electron chi connectivity index (χ3n) is 3.87. The molecule has 1 heterocycles. The van der Waals surface area contributed by atoms with Crippen molar-refractivity contribution in [1.29, 1.82) is 0 Å². The maximum Gasteiger partial charge on any atom is 0.286 e. The van der Waals surface area contributed by atoms with E-state index in [0.29, 0.717) is 23.5 Å². The number of carbonyl (C=O) groups excluding carboxylic acids is 3. The molecular formula is C19H17NO4S2. The molecule has 5 nitrogen and oxygen atoms in total. The Morgan fingerprint density at radius 3 is 2.62 bits per heavy atom. The van der Waals surface area contributed by atoms with E-state index in [2.05, 4.69) is 5.32 Å². The highest BCUT2D eigenvalue weighted by Gasteiger charge is 2.31. The monoisotopic (exact) mass is 387 g/mol. The molecular weight excluding hydrogens is 370 g/mol. The van der Waals surface area contributed by atoms with Crippen LogP contribution >= 0.6 is 23.5 Å². The van der Waals surface area contributed by atoms with Crippen LogP contribution in [0.4, 0.5) is 4.79 Å². The molecule has 2 aromatic rings. The van der Waals surface area contributed by atoms with Gasteiger partial charge in [-0.25, -0.2) is 0 Å². The van der Waals surface area contributed by atoms with E-state index in [0.717, 1.165) is 22.2 Å². The van der Waals surface area contributed by atoms with Crippen LogP contribution in [0.25, 0.3) is 0 Å². The highest BCUT2D eigenvalue weighted by atomic mass is 32.2. The molecule has 0 bridgehead atoms. The molecule has 1 aliphatic heterocycles. The predicted octanol–water partition coefficient (Wildman–Crippen LogP) is 3.56. The molecule has 26 heavy (non-hydrogen) atoms. The van der Waals surface area contributed by atoms with E-state index in [9.17, 15) is 14.4 Å². The van der Waals surface area contributed by atoms with Crippen molar-refractivity contribution in [2.24, 2.45) is 0 Å². The highest BCUT2D eigenvalue weighted by Crippen LogP contribution is 2.25. The average Bonchev–Trinajstić information content (AvgIpc) is 2.97. The smallest absolute Gasteiger partial charge is 0.286 e. The van der Waals surface area contributed by atoms with Crippen molar-refractivity contribution in [3.63, 3.8) is 0 Å². The van der Waals surface area contributed by atoms with Gasteiger partial charge in [-0.05, 0) is 36.2 Å². The van der Waals surface area contributed by atoms with Crippen molar-refractivity contribution in [3.8, 4) is 5.75 Å². The average molecular weight is 387 g/mol. The van der Waals surface area contributed by atoms with E-state index in [1.54, 1.807) is 31.4 Å². The summed E-state index contributed by atoms with van der Waals surface area (Å²) in [5.41, 5.74) is 1.61. The molecule has 7 heteroatoms. The van der Waals surface area contributed by atoms with Crippen LogP contribution in [0, 0.1) is 0 Å². The fraction of sp³-hybridized carbons (Fsp3) is 0.211. The summed E-state index contributed by atoms with van der Waals surface area (Å²) >= 11 is 2.49. The minimum Gasteiger partial charge on any atom is -0.497 e. The maximum absolute atomic E-state index is 12.3. The van der Waals surface area contributed by atoms with Crippen LogP contribution in [0.1, 0.15) is 15.9 Å². The van der Waals surface area contributed by atoms with Crippen molar-refractivity contribution in [2.45, 2.75) is 16.6 Å². The van der Waals surface area contributed by atoms with Crippen LogP contribution in [0.2, 0.25) is 0 Å². The summed E-state index contributed by atoms with van der Waals surface area (Å²) in [5.74, 6) is 0.803. The minimum absolute atomic E-state index is 0.0375. The van der Waals surface area contributed by atoms with Crippen LogP contribution in [0.15, 0.2) is 53.4 Å². The molecule has 0 radical (unpaired) electrons. The Bertz CT molecular complexity index is 836. The number of amides is 2. The van der Waals surface area contributed by atoms with E-state index in [-0.39, 0.29) is 22.2 Å². The summed E-state index contributed by atoms with van der Waals surface area (Å²) in [6, 6.07) is 14.8. The summed E-state index contributed by atoms with van der Waals surface area (Å²) in [6.07, 6.45) is 0.510. The first-order valence-electron chi connectivity index (χ1n) is 7.95. The fourth-order valence-corrected chi connectivity index (χ4v) is 4.14. The van der Waals surface area contributed by atoms with Gasteiger partial charge in [-0.1, -0.05) is 36.0 Å². The molecule has 2 amide bonds. The first kappa shape index (κ1) is 18.5. The van der Waals surface area contributed by atoms with Crippen molar-refractivity contribution < 1.29 is 19.1 Å². The van der Waals surface area contributed by atoms with E-state index in [1.165, 1.54) is 11.8 Å². The lowest BCUT2D eigenvalue weighted by Gasteiger charge is -2.07. The summed E-state index contributed by atoms with van der Waals surface area (Å²) < 4.78 is 5.14. The Balaban J connectivity index is 1.55. The van der Waals surface area contributed by atoms with Gasteiger partial charge in [0.25, 0.3) is 5.24 Å². The summed E-state index contributed by atoms with van der Waals surface area (Å²) in [7, 11) is 1.57. The van der Waals surface area contributed by atoms with Gasteiger partial charge in [0.2, 0.25) is 5.91 Å². The van der Waals surface area contributed by atoms with Crippen LogP contribution in [-0.2, 0) is 11.2 Å². The van der Waals surface area contributed by atoms with Crippen molar-refractivity contribution in [3.05, 3.63) is 59.7 Å². The van der Waals surface area contributed by atoms with Crippen LogP contribution in [-0.4, -0.2) is 35.0 Å². The molecule has 1 saturated heterocycles. The Kier molecular flexibility index (Phi) is 6.00. The zero-order valence-electron chi connectivity index (χ0n) is 14.1. The van der Waals surface area contributed by atoms with Crippen molar-refractivity contribution >= 4 is 40.5 Å². The molecule has 1 N–H and O–H groups in total. The molecule has 2 aromatic carbocycles. The number of ketones is 1. The standard InChI is InChI=1S/C19H17NO4S2/c1-24-14-4-2-3-13(10-14)16(21)11-25-15-7-5-12(6-8-15)9-17-18(22)20-19(23)26-17/h2-8,10,17H,9,11H2,1H3,(H,20,22,23). The molecule has 134 valence electrons. The number of carbonyl (C=O) groups is 3. The van der Waals surface area contributed by atoms with Gasteiger partial charge in [0.1, 0.15) is 5.75 Å². The Morgan fingerprint density at radius 1 is 1.19 bits per heavy atom. The molecule has 1 aliphatic rings. The molecule has 0 spiro atoms. The highest BCUT2D eigenvalue weighted by molar-refractivity contribution is 8.15. The first-order valence-corrected chi connectivity index (χ1v) is 9.82. The van der Waals surface area contributed by atoms with Gasteiger partial charge in [0.15, 0.2) is 5.78 Å². The lowest BCUT2D eigenvalue weighted by molar-refractivity contribution is -0.118. The number of imide groups is 1. The van der Waals surface area contributed by atoms with Gasteiger partial charge in [0, 0.05) is 10.5 Å². The lowest BCUT2D eigenvalue weighted by atomic mass is 10.1. The van der Waals surface area contributed by atoms with E-state index < -0.39 is 0 Å². The maximum atomic E-state index is 12.3. The Labute approximate surface area is 159 Å². The van der Waals surface area contributed by atoms with Gasteiger partial charge in [-0.15, -0.1) is 11.8 Å². The quantitative estimate of drug-likeness (QED) is 0.578. The number of ether oxygens (including phenoxy) is 1. The normalized spacial score (nSPS) is 16.4. The van der Waals surface area contributed by atoms with Crippen LogP contribution in [0.3, 0.4) is 0 Å². The number of Topliss-reactive ketones (excluding diaryl/α,β-unsaturated/α-hetero) is 1. The number of hydrogen-bond acceptors (Lipinski definition) is 6. The number of thioether (sulfide) groups is 2. The van der Waals surface area contributed by atoms with Gasteiger partial charge in [-0.2, -0.15) is 0 Å². The van der Waals surface area contributed by atoms with E-state index >= 15 is 0 Å². The fourth-order valence-electron chi connectivity index (χ4n) is 2.49. The molecule has 1 fully saturated rings. The topological polar surface area (TPSA) is 72.5 Å². The Morgan fingerprint density at radius 2 is 1.96 bits per heavy atom.